The van der Waals surface area contributed by atoms with Crippen LogP contribution in [0.5, 0.6) is 11.5 Å². The van der Waals surface area contributed by atoms with E-state index in [-0.39, 0.29) is 24.4 Å². The number of nitrogens with two attached hydrogens (primary N) is 1. The van der Waals surface area contributed by atoms with Gasteiger partial charge in [0, 0.05) is 30.1 Å². The molecule has 0 bridgehead atoms. The van der Waals surface area contributed by atoms with Crippen LogP contribution in [-0.4, -0.2) is 48.8 Å². The van der Waals surface area contributed by atoms with E-state index in [1.165, 1.54) is 0 Å². The molecule has 0 aromatic heterocycles. The fourth-order valence-electron chi connectivity index (χ4n) is 4.60. The minimum absolute atomic E-state index is 0.0663. The SMILES string of the molecule is COc1ccc([C@@H]2[C@@H]3CCCC[C@@]3(O)CCN2CC(N)=O)c(OC)c1. The Morgan fingerprint density at radius 1 is 1.32 bits per heavy atom. The van der Waals surface area contributed by atoms with Crippen LogP contribution >= 0.6 is 0 Å². The van der Waals surface area contributed by atoms with Crippen molar-refractivity contribution >= 4 is 5.91 Å². The van der Waals surface area contributed by atoms with Crippen LogP contribution in [0, 0.1) is 5.92 Å². The van der Waals surface area contributed by atoms with E-state index >= 15 is 0 Å². The number of primary amides is 1. The van der Waals surface area contributed by atoms with E-state index in [2.05, 4.69) is 4.90 Å². The summed E-state index contributed by atoms with van der Waals surface area (Å²) in [7, 11) is 3.25. The maximum absolute atomic E-state index is 11.6. The minimum atomic E-state index is -0.679. The van der Waals surface area contributed by atoms with Crippen LogP contribution in [0.3, 0.4) is 0 Å². The quantitative estimate of drug-likeness (QED) is 0.848. The molecule has 1 aliphatic carbocycles. The number of methoxy groups -OCH3 is 2. The molecule has 1 saturated carbocycles. The number of amides is 1. The maximum atomic E-state index is 11.6. The summed E-state index contributed by atoms with van der Waals surface area (Å²) in [5, 5.41) is 11.2. The third-order valence-electron chi connectivity index (χ3n) is 5.79. The molecule has 6 nitrogen and oxygen atoms in total. The number of fused-ring (bicyclic) bond motifs is 1. The molecule has 6 heteroatoms. The molecular formula is C19H28N2O4. The summed E-state index contributed by atoms with van der Waals surface area (Å²) in [5.41, 5.74) is 5.79. The van der Waals surface area contributed by atoms with E-state index in [9.17, 15) is 9.90 Å². The molecular weight excluding hydrogens is 320 g/mol. The van der Waals surface area contributed by atoms with Gasteiger partial charge >= 0.3 is 0 Å². The molecule has 0 unspecified atom stereocenters. The average Bonchev–Trinajstić information content (AvgIpc) is 2.61. The molecule has 1 saturated heterocycles. The smallest absolute Gasteiger partial charge is 0.231 e. The highest BCUT2D eigenvalue weighted by Gasteiger charge is 2.49. The van der Waals surface area contributed by atoms with Crippen molar-refractivity contribution in [3.63, 3.8) is 0 Å². The number of aliphatic hydroxyl groups is 1. The number of carbonyl (C=O) groups excluding carboxylic acids is 1. The fourth-order valence-corrected chi connectivity index (χ4v) is 4.60. The molecule has 3 atom stereocenters. The van der Waals surface area contributed by atoms with Gasteiger partial charge in [-0.05, 0) is 25.3 Å². The number of likely N-dealkylation sites (tertiary alicyclic amines) is 1. The number of benzene rings is 1. The van der Waals surface area contributed by atoms with Crippen LogP contribution in [-0.2, 0) is 4.79 Å². The molecule has 3 rings (SSSR count). The number of hydrogen-bond donors (Lipinski definition) is 2. The second-order valence-electron chi connectivity index (χ2n) is 7.20. The molecule has 1 amide bonds. The van der Waals surface area contributed by atoms with Gasteiger partial charge in [-0.2, -0.15) is 0 Å². The normalized spacial score (nSPS) is 29.7. The van der Waals surface area contributed by atoms with E-state index in [4.69, 9.17) is 15.2 Å². The molecule has 3 N–H and O–H groups in total. The lowest BCUT2D eigenvalue weighted by Crippen LogP contribution is -2.56. The molecule has 0 radical (unpaired) electrons. The van der Waals surface area contributed by atoms with Gasteiger partial charge in [0.2, 0.25) is 5.91 Å². The summed E-state index contributed by atoms with van der Waals surface area (Å²) in [4.78, 5) is 13.7. The number of piperidine rings is 1. The topological polar surface area (TPSA) is 85.0 Å². The number of rotatable bonds is 5. The predicted octanol–water partition coefficient (Wildman–Crippen LogP) is 1.86. The zero-order valence-corrected chi connectivity index (χ0v) is 15.0. The Bertz CT molecular complexity index is 636. The standard InChI is InChI=1S/C19H28N2O4/c1-24-13-6-7-14(16(11-13)25-2)18-15-5-3-4-8-19(15,23)9-10-21(18)12-17(20)22/h6-7,11,15,18,23H,3-5,8-10,12H2,1-2H3,(H2,20,22)/t15-,18+,19+/m0/s1. The zero-order valence-electron chi connectivity index (χ0n) is 15.0. The summed E-state index contributed by atoms with van der Waals surface area (Å²) >= 11 is 0. The average molecular weight is 348 g/mol. The van der Waals surface area contributed by atoms with E-state index in [1.54, 1.807) is 14.2 Å². The Morgan fingerprint density at radius 3 is 2.80 bits per heavy atom. The molecule has 1 aromatic carbocycles. The molecule has 0 spiro atoms. The van der Waals surface area contributed by atoms with Crippen molar-refractivity contribution in [1.29, 1.82) is 0 Å². The third kappa shape index (κ3) is 3.46. The third-order valence-corrected chi connectivity index (χ3v) is 5.79. The van der Waals surface area contributed by atoms with Gasteiger partial charge in [0.25, 0.3) is 0 Å². The Balaban J connectivity index is 2.04. The van der Waals surface area contributed by atoms with Crippen molar-refractivity contribution in [1.82, 2.24) is 4.90 Å². The van der Waals surface area contributed by atoms with E-state index < -0.39 is 5.60 Å². The molecule has 138 valence electrons. The van der Waals surface area contributed by atoms with Crippen LogP contribution < -0.4 is 15.2 Å². The van der Waals surface area contributed by atoms with E-state index in [1.807, 2.05) is 18.2 Å². The van der Waals surface area contributed by atoms with Crippen LogP contribution in [0.4, 0.5) is 0 Å². The fraction of sp³-hybridized carbons (Fsp3) is 0.632. The highest BCUT2D eigenvalue weighted by Crippen LogP contribution is 2.51. The highest BCUT2D eigenvalue weighted by molar-refractivity contribution is 5.76. The second kappa shape index (κ2) is 7.22. The van der Waals surface area contributed by atoms with Crippen LogP contribution in [0.1, 0.15) is 43.7 Å². The molecule has 1 aliphatic heterocycles. The predicted molar refractivity (Wildman–Crippen MR) is 94.6 cm³/mol. The minimum Gasteiger partial charge on any atom is -0.497 e. The Hall–Kier alpha value is -1.79. The van der Waals surface area contributed by atoms with E-state index in [0.717, 1.165) is 37.0 Å². The molecule has 1 aromatic rings. The lowest BCUT2D eigenvalue weighted by atomic mass is 9.66. The number of carbonyl (C=O) groups is 1. The van der Waals surface area contributed by atoms with Gasteiger partial charge < -0.3 is 20.3 Å². The van der Waals surface area contributed by atoms with Crippen molar-refractivity contribution < 1.29 is 19.4 Å². The van der Waals surface area contributed by atoms with Crippen molar-refractivity contribution in [3.05, 3.63) is 23.8 Å². The van der Waals surface area contributed by atoms with Crippen molar-refractivity contribution in [2.75, 3.05) is 27.3 Å². The molecule has 2 fully saturated rings. The van der Waals surface area contributed by atoms with Gasteiger partial charge in [0.05, 0.1) is 26.4 Å². The Morgan fingerprint density at radius 2 is 2.12 bits per heavy atom. The highest BCUT2D eigenvalue weighted by atomic mass is 16.5. The Labute approximate surface area is 148 Å². The van der Waals surface area contributed by atoms with Crippen LogP contribution in [0.15, 0.2) is 18.2 Å². The lowest BCUT2D eigenvalue weighted by molar-refractivity contribution is -0.136. The molecule has 2 aliphatic rings. The van der Waals surface area contributed by atoms with E-state index in [0.29, 0.717) is 18.7 Å². The van der Waals surface area contributed by atoms with Gasteiger partial charge in [-0.1, -0.05) is 18.9 Å². The Kier molecular flexibility index (Phi) is 5.20. The summed E-state index contributed by atoms with van der Waals surface area (Å²) in [5.74, 6) is 1.15. The first-order chi connectivity index (χ1) is 12.0. The lowest BCUT2D eigenvalue weighted by Gasteiger charge is -2.52. The number of ether oxygens (including phenoxy) is 2. The maximum Gasteiger partial charge on any atom is 0.231 e. The summed E-state index contributed by atoms with van der Waals surface area (Å²) in [6.07, 6.45) is 4.57. The van der Waals surface area contributed by atoms with Crippen LogP contribution in [0.25, 0.3) is 0 Å². The number of hydrogen-bond acceptors (Lipinski definition) is 5. The van der Waals surface area contributed by atoms with Gasteiger partial charge in [-0.15, -0.1) is 0 Å². The first kappa shape index (κ1) is 18.0. The van der Waals surface area contributed by atoms with Crippen molar-refractivity contribution in [2.24, 2.45) is 11.7 Å². The van der Waals surface area contributed by atoms with Gasteiger partial charge in [0.1, 0.15) is 11.5 Å². The van der Waals surface area contributed by atoms with Gasteiger partial charge in [-0.3, -0.25) is 9.69 Å². The first-order valence-corrected chi connectivity index (χ1v) is 8.95. The summed E-state index contributed by atoms with van der Waals surface area (Å²) in [6, 6.07) is 5.65. The summed E-state index contributed by atoms with van der Waals surface area (Å²) in [6.45, 7) is 0.836. The second-order valence-corrected chi connectivity index (χ2v) is 7.20. The number of nitrogens with zero attached hydrogens (tertiary/aromatic N) is 1. The van der Waals surface area contributed by atoms with Crippen molar-refractivity contribution in [2.45, 2.75) is 43.7 Å². The largest absolute Gasteiger partial charge is 0.497 e. The molecule has 1 heterocycles. The van der Waals surface area contributed by atoms with Gasteiger partial charge in [0.15, 0.2) is 0 Å². The van der Waals surface area contributed by atoms with Crippen LogP contribution in [0.2, 0.25) is 0 Å². The zero-order chi connectivity index (χ0) is 18.0. The molecule has 25 heavy (non-hydrogen) atoms. The monoisotopic (exact) mass is 348 g/mol. The summed E-state index contributed by atoms with van der Waals surface area (Å²) < 4.78 is 10.9. The van der Waals surface area contributed by atoms with Gasteiger partial charge in [-0.25, -0.2) is 0 Å². The van der Waals surface area contributed by atoms with Crippen molar-refractivity contribution in [3.8, 4) is 11.5 Å². The first-order valence-electron chi connectivity index (χ1n) is 8.95.